The summed E-state index contributed by atoms with van der Waals surface area (Å²) in [6.07, 6.45) is 3.61. The third-order valence-electron chi connectivity index (χ3n) is 5.17. The maximum atomic E-state index is 12.7. The van der Waals surface area contributed by atoms with Crippen LogP contribution in [0.4, 0.5) is 4.79 Å². The maximum absolute atomic E-state index is 12.7. The molecule has 1 aromatic heterocycles. The predicted molar refractivity (Wildman–Crippen MR) is 107 cm³/mol. The van der Waals surface area contributed by atoms with Gasteiger partial charge in [-0.3, -0.25) is 5.10 Å². The molecule has 9 heteroatoms. The molecule has 0 saturated carbocycles. The molecule has 1 aromatic carbocycles. The SMILES string of the molecule is CC(NC(=O)N(C)C1CCN(C)CC1)c1ccc(-c2c[nH]nn2)c(Cl)c1Cl. The van der Waals surface area contributed by atoms with E-state index in [-0.39, 0.29) is 18.1 Å². The minimum atomic E-state index is -0.275. The van der Waals surface area contributed by atoms with E-state index in [2.05, 4.69) is 32.7 Å². The third kappa shape index (κ3) is 4.36. The van der Waals surface area contributed by atoms with Crippen LogP contribution >= 0.6 is 23.2 Å². The Morgan fingerprint density at radius 3 is 2.67 bits per heavy atom. The third-order valence-corrected chi connectivity index (χ3v) is 6.06. The molecule has 27 heavy (non-hydrogen) atoms. The fourth-order valence-corrected chi connectivity index (χ4v) is 3.94. The van der Waals surface area contributed by atoms with E-state index in [0.717, 1.165) is 31.5 Å². The van der Waals surface area contributed by atoms with Crippen molar-refractivity contribution in [2.45, 2.75) is 31.8 Å². The number of aromatic amines is 1. The second kappa shape index (κ2) is 8.46. The van der Waals surface area contributed by atoms with E-state index >= 15 is 0 Å². The first-order valence-corrected chi connectivity index (χ1v) is 9.70. The van der Waals surface area contributed by atoms with Crippen LogP contribution in [0.2, 0.25) is 10.0 Å². The van der Waals surface area contributed by atoms with Gasteiger partial charge in [-0.25, -0.2) is 4.79 Å². The van der Waals surface area contributed by atoms with Gasteiger partial charge in [0.2, 0.25) is 0 Å². The molecule has 0 aliphatic carbocycles. The molecule has 0 spiro atoms. The molecule has 1 unspecified atom stereocenters. The van der Waals surface area contributed by atoms with Crippen LogP contribution in [0, 0.1) is 0 Å². The highest BCUT2D eigenvalue weighted by Gasteiger charge is 2.25. The number of nitrogens with one attached hydrogen (secondary N) is 2. The summed E-state index contributed by atoms with van der Waals surface area (Å²) in [5.74, 6) is 0. The summed E-state index contributed by atoms with van der Waals surface area (Å²) in [6, 6.07) is 3.57. The average Bonchev–Trinajstić information content (AvgIpc) is 3.18. The number of carbonyl (C=O) groups excluding carboxylic acids is 1. The molecule has 146 valence electrons. The van der Waals surface area contributed by atoms with Gasteiger partial charge in [0.25, 0.3) is 0 Å². The lowest BCUT2D eigenvalue weighted by molar-refractivity contribution is 0.146. The Hall–Kier alpha value is -1.83. The Kier molecular flexibility index (Phi) is 6.24. The van der Waals surface area contributed by atoms with E-state index in [1.807, 2.05) is 26.1 Å². The van der Waals surface area contributed by atoms with Gasteiger partial charge >= 0.3 is 6.03 Å². The number of carbonyl (C=O) groups is 1. The first kappa shape index (κ1) is 19.9. The molecule has 3 rings (SSSR count). The van der Waals surface area contributed by atoms with E-state index in [1.54, 1.807) is 11.1 Å². The first-order chi connectivity index (χ1) is 12.9. The number of halogens is 2. The quantitative estimate of drug-likeness (QED) is 0.807. The number of amides is 2. The van der Waals surface area contributed by atoms with Crippen LogP contribution < -0.4 is 5.32 Å². The standard InChI is InChI=1S/C18H24Cl2N6O/c1-11(22-18(27)26(3)12-6-8-25(2)9-7-12)13-4-5-14(17(20)16(13)19)15-10-21-24-23-15/h4-5,10-12H,6-9H2,1-3H3,(H,22,27)(H,21,23,24). The molecule has 1 atom stereocenters. The molecule has 0 bridgehead atoms. The molecule has 2 aromatic rings. The minimum Gasteiger partial charge on any atom is -0.331 e. The van der Waals surface area contributed by atoms with E-state index in [1.165, 1.54) is 0 Å². The molecular formula is C18H24Cl2N6O. The fraction of sp³-hybridized carbons (Fsp3) is 0.500. The highest BCUT2D eigenvalue weighted by Crippen LogP contribution is 2.37. The van der Waals surface area contributed by atoms with Crippen LogP contribution in [0.5, 0.6) is 0 Å². The number of urea groups is 1. The van der Waals surface area contributed by atoms with E-state index in [9.17, 15) is 4.79 Å². The summed E-state index contributed by atoms with van der Waals surface area (Å²) >= 11 is 12.9. The normalized spacial score (nSPS) is 16.9. The molecule has 1 saturated heterocycles. The molecule has 2 heterocycles. The van der Waals surface area contributed by atoms with Crippen LogP contribution in [0.3, 0.4) is 0 Å². The summed E-state index contributed by atoms with van der Waals surface area (Å²) in [4.78, 5) is 16.7. The number of piperidine rings is 1. The van der Waals surface area contributed by atoms with Crippen molar-refractivity contribution in [3.63, 3.8) is 0 Å². The van der Waals surface area contributed by atoms with Gasteiger partial charge < -0.3 is 15.1 Å². The average molecular weight is 411 g/mol. The zero-order chi connectivity index (χ0) is 19.6. The lowest BCUT2D eigenvalue weighted by Crippen LogP contribution is -2.48. The highest BCUT2D eigenvalue weighted by atomic mass is 35.5. The lowest BCUT2D eigenvalue weighted by Gasteiger charge is -2.35. The number of hydrogen-bond donors (Lipinski definition) is 2. The van der Waals surface area contributed by atoms with Gasteiger partial charge in [0, 0.05) is 18.7 Å². The topological polar surface area (TPSA) is 77.2 Å². The molecule has 0 radical (unpaired) electrons. The van der Waals surface area contributed by atoms with Crippen LogP contribution in [0.25, 0.3) is 11.3 Å². The predicted octanol–water partition coefficient (Wildman–Crippen LogP) is 3.58. The Balaban J connectivity index is 1.69. The summed E-state index contributed by atoms with van der Waals surface area (Å²) < 4.78 is 0. The second-order valence-electron chi connectivity index (χ2n) is 7.01. The number of H-pyrrole nitrogens is 1. The number of hydrogen-bond acceptors (Lipinski definition) is 4. The van der Waals surface area contributed by atoms with Gasteiger partial charge in [0.05, 0.1) is 22.3 Å². The van der Waals surface area contributed by atoms with Crippen molar-refractivity contribution in [2.75, 3.05) is 27.2 Å². The van der Waals surface area contributed by atoms with Crippen molar-refractivity contribution in [1.82, 2.24) is 30.5 Å². The molecule has 1 aliphatic heterocycles. The number of nitrogens with zero attached hydrogens (tertiary/aromatic N) is 4. The Morgan fingerprint density at radius 1 is 1.33 bits per heavy atom. The van der Waals surface area contributed by atoms with E-state index in [4.69, 9.17) is 23.2 Å². The summed E-state index contributed by atoms with van der Waals surface area (Å²) in [5.41, 5.74) is 2.08. The first-order valence-electron chi connectivity index (χ1n) is 8.95. The van der Waals surface area contributed by atoms with Gasteiger partial charge in [-0.1, -0.05) is 40.5 Å². The highest BCUT2D eigenvalue weighted by molar-refractivity contribution is 6.44. The van der Waals surface area contributed by atoms with E-state index < -0.39 is 0 Å². The van der Waals surface area contributed by atoms with Crippen molar-refractivity contribution in [3.8, 4) is 11.3 Å². The fourth-order valence-electron chi connectivity index (χ4n) is 3.34. The van der Waals surface area contributed by atoms with Gasteiger partial charge in [-0.15, -0.1) is 5.10 Å². The summed E-state index contributed by atoms with van der Waals surface area (Å²) in [6.45, 7) is 3.90. The lowest BCUT2D eigenvalue weighted by atomic mass is 10.0. The molecular weight excluding hydrogens is 387 g/mol. The van der Waals surface area contributed by atoms with Crippen molar-refractivity contribution in [3.05, 3.63) is 33.9 Å². The summed E-state index contributed by atoms with van der Waals surface area (Å²) in [7, 11) is 3.95. The Bertz CT molecular complexity index is 789. The van der Waals surface area contributed by atoms with Crippen molar-refractivity contribution in [1.29, 1.82) is 0 Å². The Morgan fingerprint density at radius 2 is 2.04 bits per heavy atom. The smallest absolute Gasteiger partial charge is 0.317 e. The molecule has 7 nitrogen and oxygen atoms in total. The maximum Gasteiger partial charge on any atom is 0.317 e. The number of aromatic nitrogens is 3. The molecule has 2 amide bonds. The molecule has 1 aliphatic rings. The number of benzene rings is 1. The van der Waals surface area contributed by atoms with Crippen molar-refractivity contribution < 1.29 is 4.79 Å². The van der Waals surface area contributed by atoms with Crippen LogP contribution in [-0.4, -0.2) is 64.5 Å². The van der Waals surface area contributed by atoms with Crippen molar-refractivity contribution in [2.24, 2.45) is 0 Å². The van der Waals surface area contributed by atoms with Gasteiger partial charge in [0.15, 0.2) is 0 Å². The molecule has 1 fully saturated rings. The second-order valence-corrected chi connectivity index (χ2v) is 7.76. The summed E-state index contributed by atoms with van der Waals surface area (Å²) in [5, 5.41) is 14.1. The largest absolute Gasteiger partial charge is 0.331 e. The van der Waals surface area contributed by atoms with Gasteiger partial charge in [0.1, 0.15) is 5.69 Å². The zero-order valence-corrected chi connectivity index (χ0v) is 17.2. The Labute approximate surface area is 169 Å². The van der Waals surface area contributed by atoms with Crippen LogP contribution in [0.15, 0.2) is 18.3 Å². The minimum absolute atomic E-state index is 0.107. The number of rotatable bonds is 4. The van der Waals surface area contributed by atoms with Crippen LogP contribution in [0.1, 0.15) is 31.4 Å². The van der Waals surface area contributed by atoms with Gasteiger partial charge in [-0.2, -0.15) is 0 Å². The monoisotopic (exact) mass is 410 g/mol. The number of likely N-dealkylation sites (tertiary alicyclic amines) is 1. The zero-order valence-electron chi connectivity index (χ0n) is 15.7. The van der Waals surface area contributed by atoms with E-state index in [0.29, 0.717) is 21.3 Å². The van der Waals surface area contributed by atoms with Gasteiger partial charge in [-0.05, 0) is 45.5 Å². The van der Waals surface area contributed by atoms with Crippen LogP contribution in [-0.2, 0) is 0 Å². The molecule has 2 N–H and O–H groups in total. The van der Waals surface area contributed by atoms with Crippen molar-refractivity contribution >= 4 is 29.2 Å².